The molecule has 2 aromatic carbocycles. The maximum atomic E-state index is 13.8. The van der Waals surface area contributed by atoms with Crippen LogP contribution in [-0.4, -0.2) is 9.97 Å². The Kier molecular flexibility index (Phi) is 4.86. The molecule has 0 atom stereocenters. The number of nitrogens with zero attached hydrogens (tertiary/aromatic N) is 2. The van der Waals surface area contributed by atoms with Crippen molar-refractivity contribution in [3.8, 4) is 11.1 Å². The van der Waals surface area contributed by atoms with E-state index in [2.05, 4.69) is 9.97 Å². The van der Waals surface area contributed by atoms with Crippen LogP contribution >= 0.6 is 11.6 Å². The molecule has 108 valence electrons. The predicted molar refractivity (Wildman–Crippen MR) is 86.0 cm³/mol. The zero-order chi connectivity index (χ0) is 15.4. The van der Waals surface area contributed by atoms with Gasteiger partial charge in [-0.05, 0) is 25.1 Å². The average molecular weight is 303 g/mol. The molecule has 0 bridgehead atoms. The van der Waals surface area contributed by atoms with Crippen LogP contribution in [0.25, 0.3) is 22.0 Å². The Balaban J connectivity index is 0.000000774. The minimum Gasteiger partial charge on any atom is -0.241 e. The Morgan fingerprint density at radius 3 is 2.43 bits per heavy atom. The van der Waals surface area contributed by atoms with E-state index in [1.807, 2.05) is 20.8 Å². The molecule has 1 aromatic heterocycles. The Labute approximate surface area is 128 Å². The van der Waals surface area contributed by atoms with E-state index >= 15 is 0 Å². The first kappa shape index (κ1) is 15.4. The van der Waals surface area contributed by atoms with E-state index in [4.69, 9.17) is 11.6 Å². The molecule has 0 saturated heterocycles. The Morgan fingerprint density at radius 1 is 1.00 bits per heavy atom. The van der Waals surface area contributed by atoms with Gasteiger partial charge >= 0.3 is 0 Å². The van der Waals surface area contributed by atoms with Crippen LogP contribution in [0.1, 0.15) is 19.5 Å². The standard InChI is InChI=1S/C15H10ClFN2.C2H6/c1-9-11-6-13(16)12(7-15(11)19-8-18-9)10-4-2-3-5-14(10)17;1-2/h2-8H,1H3;1-2H3. The van der Waals surface area contributed by atoms with Gasteiger partial charge in [-0.3, -0.25) is 0 Å². The molecule has 4 heteroatoms. The van der Waals surface area contributed by atoms with Gasteiger partial charge in [0.25, 0.3) is 0 Å². The van der Waals surface area contributed by atoms with Crippen molar-refractivity contribution < 1.29 is 4.39 Å². The van der Waals surface area contributed by atoms with Gasteiger partial charge in [-0.2, -0.15) is 0 Å². The zero-order valence-corrected chi connectivity index (χ0v) is 12.9. The lowest BCUT2D eigenvalue weighted by atomic mass is 10.0. The average Bonchev–Trinajstić information content (AvgIpc) is 2.51. The molecule has 0 fully saturated rings. The lowest BCUT2D eigenvalue weighted by molar-refractivity contribution is 0.631. The van der Waals surface area contributed by atoms with Gasteiger partial charge in [-0.1, -0.05) is 43.6 Å². The fraction of sp³-hybridized carbons (Fsp3) is 0.176. The molecular formula is C17H16ClFN2. The molecule has 0 aliphatic heterocycles. The molecule has 0 unspecified atom stereocenters. The van der Waals surface area contributed by atoms with Crippen LogP contribution in [0.3, 0.4) is 0 Å². The normalized spacial score (nSPS) is 10.1. The molecule has 0 N–H and O–H groups in total. The molecule has 0 saturated carbocycles. The van der Waals surface area contributed by atoms with Crippen molar-refractivity contribution in [3.63, 3.8) is 0 Å². The third-order valence-corrected chi connectivity index (χ3v) is 3.40. The predicted octanol–water partition coefficient (Wildman–Crippen LogP) is 5.42. The van der Waals surface area contributed by atoms with Gasteiger partial charge in [0.15, 0.2) is 0 Å². The first-order valence-corrected chi connectivity index (χ1v) is 7.20. The number of fused-ring (bicyclic) bond motifs is 1. The van der Waals surface area contributed by atoms with Gasteiger partial charge in [0, 0.05) is 27.2 Å². The van der Waals surface area contributed by atoms with Crippen molar-refractivity contribution in [1.29, 1.82) is 0 Å². The SMILES string of the molecule is CC.Cc1ncnc2cc(-c3ccccc3F)c(Cl)cc12. The third-order valence-electron chi connectivity index (χ3n) is 3.09. The number of benzene rings is 2. The highest BCUT2D eigenvalue weighted by Gasteiger charge is 2.11. The molecule has 0 spiro atoms. The van der Waals surface area contributed by atoms with Crippen LogP contribution in [0.5, 0.6) is 0 Å². The minimum absolute atomic E-state index is 0.297. The van der Waals surface area contributed by atoms with Crippen LogP contribution < -0.4 is 0 Å². The van der Waals surface area contributed by atoms with Crippen molar-refractivity contribution >= 4 is 22.5 Å². The quantitative estimate of drug-likeness (QED) is 0.599. The maximum absolute atomic E-state index is 13.8. The number of hydrogen-bond donors (Lipinski definition) is 0. The second kappa shape index (κ2) is 6.64. The first-order chi connectivity index (χ1) is 10.2. The third kappa shape index (κ3) is 3.03. The highest BCUT2D eigenvalue weighted by atomic mass is 35.5. The summed E-state index contributed by atoms with van der Waals surface area (Å²) < 4.78 is 13.8. The Bertz CT molecular complexity index is 772. The van der Waals surface area contributed by atoms with E-state index in [1.165, 1.54) is 12.4 Å². The van der Waals surface area contributed by atoms with Crippen molar-refractivity contribution in [1.82, 2.24) is 9.97 Å². The van der Waals surface area contributed by atoms with E-state index in [0.29, 0.717) is 16.1 Å². The van der Waals surface area contributed by atoms with Gasteiger partial charge in [-0.15, -0.1) is 0 Å². The van der Waals surface area contributed by atoms with Gasteiger partial charge in [0.2, 0.25) is 0 Å². The van der Waals surface area contributed by atoms with E-state index in [9.17, 15) is 4.39 Å². The zero-order valence-electron chi connectivity index (χ0n) is 12.2. The Morgan fingerprint density at radius 2 is 1.71 bits per heavy atom. The van der Waals surface area contributed by atoms with Crippen LogP contribution in [0.4, 0.5) is 4.39 Å². The highest BCUT2D eigenvalue weighted by Crippen LogP contribution is 2.33. The molecule has 0 aliphatic carbocycles. The summed E-state index contributed by atoms with van der Waals surface area (Å²) in [5.74, 6) is -0.297. The van der Waals surface area contributed by atoms with E-state index < -0.39 is 0 Å². The molecule has 1 heterocycles. The summed E-state index contributed by atoms with van der Waals surface area (Å²) in [5.41, 5.74) is 2.73. The number of rotatable bonds is 1. The lowest BCUT2D eigenvalue weighted by Crippen LogP contribution is -1.90. The number of hydrogen-bond acceptors (Lipinski definition) is 2. The lowest BCUT2D eigenvalue weighted by Gasteiger charge is -2.08. The second-order valence-electron chi connectivity index (χ2n) is 4.29. The van der Waals surface area contributed by atoms with Crippen molar-refractivity contribution in [3.05, 3.63) is 59.3 Å². The van der Waals surface area contributed by atoms with Gasteiger partial charge in [0.1, 0.15) is 12.1 Å². The summed E-state index contributed by atoms with van der Waals surface area (Å²) in [4.78, 5) is 8.33. The summed E-state index contributed by atoms with van der Waals surface area (Å²) in [6.07, 6.45) is 1.50. The van der Waals surface area contributed by atoms with Crippen LogP contribution in [0.15, 0.2) is 42.7 Å². The van der Waals surface area contributed by atoms with Gasteiger partial charge in [0.05, 0.1) is 5.52 Å². The van der Waals surface area contributed by atoms with Crippen molar-refractivity contribution in [2.45, 2.75) is 20.8 Å². The second-order valence-corrected chi connectivity index (χ2v) is 4.70. The minimum atomic E-state index is -0.297. The van der Waals surface area contributed by atoms with Crippen molar-refractivity contribution in [2.75, 3.05) is 0 Å². The molecular weight excluding hydrogens is 287 g/mol. The van der Waals surface area contributed by atoms with Crippen molar-refractivity contribution in [2.24, 2.45) is 0 Å². The van der Waals surface area contributed by atoms with Crippen LogP contribution in [0.2, 0.25) is 5.02 Å². The summed E-state index contributed by atoms with van der Waals surface area (Å²) >= 11 is 6.26. The molecule has 0 amide bonds. The summed E-state index contributed by atoms with van der Waals surface area (Å²) in [6, 6.07) is 10.1. The van der Waals surface area contributed by atoms with Gasteiger partial charge < -0.3 is 0 Å². The summed E-state index contributed by atoms with van der Waals surface area (Å²) in [6.45, 7) is 5.89. The first-order valence-electron chi connectivity index (χ1n) is 6.82. The topological polar surface area (TPSA) is 25.8 Å². The molecule has 0 radical (unpaired) electrons. The van der Waals surface area contributed by atoms with Gasteiger partial charge in [-0.25, -0.2) is 14.4 Å². The van der Waals surface area contributed by atoms with E-state index in [1.54, 1.807) is 30.3 Å². The summed E-state index contributed by atoms with van der Waals surface area (Å²) in [5, 5.41) is 1.38. The van der Waals surface area contributed by atoms with E-state index in [0.717, 1.165) is 16.6 Å². The molecule has 0 aliphatic rings. The fourth-order valence-electron chi connectivity index (χ4n) is 2.09. The van der Waals surface area contributed by atoms with E-state index in [-0.39, 0.29) is 5.82 Å². The largest absolute Gasteiger partial charge is 0.241 e. The summed E-state index contributed by atoms with van der Waals surface area (Å²) in [7, 11) is 0. The molecule has 21 heavy (non-hydrogen) atoms. The molecule has 3 rings (SSSR count). The highest BCUT2D eigenvalue weighted by molar-refractivity contribution is 6.34. The van der Waals surface area contributed by atoms with Crippen LogP contribution in [0, 0.1) is 12.7 Å². The maximum Gasteiger partial charge on any atom is 0.131 e. The number of halogens is 2. The number of aromatic nitrogens is 2. The fourth-order valence-corrected chi connectivity index (χ4v) is 2.36. The smallest absolute Gasteiger partial charge is 0.131 e. The molecule has 3 aromatic rings. The van der Waals surface area contributed by atoms with Crippen LogP contribution in [-0.2, 0) is 0 Å². The molecule has 2 nitrogen and oxygen atoms in total. The number of aryl methyl sites for hydroxylation is 1. The monoisotopic (exact) mass is 302 g/mol. The Hall–Kier alpha value is -2.00.